The van der Waals surface area contributed by atoms with Crippen LogP contribution in [0.1, 0.15) is 47.0 Å². The smallest absolute Gasteiger partial charge is 0.330 e. The zero-order valence-electron chi connectivity index (χ0n) is 11.7. The van der Waals surface area contributed by atoms with Crippen LogP contribution in [0.2, 0.25) is 0 Å². The zero-order chi connectivity index (χ0) is 13.3. The summed E-state index contributed by atoms with van der Waals surface area (Å²) in [6.07, 6.45) is 4.39. The van der Waals surface area contributed by atoms with Gasteiger partial charge in [-0.3, -0.25) is 4.90 Å². The van der Waals surface area contributed by atoms with Gasteiger partial charge in [-0.25, -0.2) is 4.79 Å². The third kappa shape index (κ3) is 7.97. The molecular formula is C14H27NO2. The van der Waals surface area contributed by atoms with Crippen molar-refractivity contribution in [1.82, 2.24) is 4.90 Å². The molecule has 0 aliphatic heterocycles. The van der Waals surface area contributed by atoms with Crippen LogP contribution in [0, 0.1) is 0 Å². The van der Waals surface area contributed by atoms with E-state index in [2.05, 4.69) is 39.2 Å². The maximum absolute atomic E-state index is 10.8. The first kappa shape index (κ1) is 16.2. The van der Waals surface area contributed by atoms with Crippen LogP contribution in [-0.2, 0) is 9.53 Å². The first-order chi connectivity index (χ1) is 7.99. The number of esters is 1. The van der Waals surface area contributed by atoms with Gasteiger partial charge < -0.3 is 4.74 Å². The molecular weight excluding hydrogens is 214 g/mol. The normalized spacial score (nSPS) is 11.2. The van der Waals surface area contributed by atoms with E-state index in [9.17, 15) is 4.79 Å². The number of rotatable bonds is 9. The van der Waals surface area contributed by atoms with Crippen molar-refractivity contribution in [2.75, 3.05) is 13.2 Å². The summed E-state index contributed by atoms with van der Waals surface area (Å²) in [6.45, 7) is 13.9. The molecule has 0 aliphatic carbocycles. The van der Waals surface area contributed by atoms with Gasteiger partial charge in [0, 0.05) is 18.2 Å². The van der Waals surface area contributed by atoms with Crippen molar-refractivity contribution < 1.29 is 9.53 Å². The molecule has 0 saturated carbocycles. The van der Waals surface area contributed by atoms with Gasteiger partial charge in [0.1, 0.15) is 0 Å². The number of unbranched alkanes of at least 4 members (excludes halogenated alkanes) is 2. The molecule has 100 valence electrons. The van der Waals surface area contributed by atoms with Gasteiger partial charge in [-0.2, -0.15) is 0 Å². The quantitative estimate of drug-likeness (QED) is 0.353. The fourth-order valence-corrected chi connectivity index (χ4v) is 1.92. The molecule has 0 rings (SSSR count). The summed E-state index contributed by atoms with van der Waals surface area (Å²) in [5, 5.41) is 0. The van der Waals surface area contributed by atoms with E-state index in [-0.39, 0.29) is 5.97 Å². The molecule has 3 nitrogen and oxygen atoms in total. The van der Waals surface area contributed by atoms with E-state index in [1.54, 1.807) is 0 Å². The number of nitrogens with zero attached hydrogens (tertiary/aromatic N) is 1. The van der Waals surface area contributed by atoms with Gasteiger partial charge in [0.05, 0.1) is 6.61 Å². The summed E-state index contributed by atoms with van der Waals surface area (Å²) in [6, 6.07) is 1.18. The molecule has 0 aromatic rings. The molecule has 17 heavy (non-hydrogen) atoms. The number of carbonyl (C=O) groups is 1. The van der Waals surface area contributed by atoms with Crippen LogP contribution >= 0.6 is 0 Å². The molecule has 0 saturated heterocycles. The molecule has 0 N–H and O–H groups in total. The van der Waals surface area contributed by atoms with Crippen LogP contribution in [0.4, 0.5) is 0 Å². The zero-order valence-corrected chi connectivity index (χ0v) is 11.7. The van der Waals surface area contributed by atoms with Gasteiger partial charge in [0.2, 0.25) is 0 Å². The number of ether oxygens (including phenoxy) is 1. The summed E-state index contributed by atoms with van der Waals surface area (Å²) in [5.41, 5.74) is 0. The highest BCUT2D eigenvalue weighted by Gasteiger charge is 2.11. The minimum atomic E-state index is -0.323. The maximum Gasteiger partial charge on any atom is 0.330 e. The Kier molecular flexibility index (Phi) is 8.78. The van der Waals surface area contributed by atoms with Gasteiger partial charge in [-0.15, -0.1) is 0 Å². The monoisotopic (exact) mass is 241 g/mol. The van der Waals surface area contributed by atoms with Gasteiger partial charge in [0.25, 0.3) is 0 Å². The molecule has 0 atom stereocenters. The lowest BCUT2D eigenvalue weighted by Crippen LogP contribution is -2.37. The standard InChI is InChI=1S/C14H27NO2/c1-6-14(16)17-11-9-7-8-10-15(12(2)3)13(4)5/h6,12-13H,1,7-11H2,2-5H3. The molecule has 0 spiro atoms. The third-order valence-electron chi connectivity index (χ3n) is 2.80. The van der Waals surface area contributed by atoms with Crippen molar-refractivity contribution >= 4 is 5.97 Å². The third-order valence-corrected chi connectivity index (χ3v) is 2.80. The summed E-state index contributed by atoms with van der Waals surface area (Å²) >= 11 is 0. The lowest BCUT2D eigenvalue weighted by atomic mass is 10.2. The minimum absolute atomic E-state index is 0.323. The molecule has 0 amide bonds. The van der Waals surface area contributed by atoms with Crippen LogP contribution in [0.15, 0.2) is 12.7 Å². The molecule has 0 fully saturated rings. The topological polar surface area (TPSA) is 29.5 Å². The van der Waals surface area contributed by atoms with Crippen LogP contribution in [0.3, 0.4) is 0 Å². The lowest BCUT2D eigenvalue weighted by molar-refractivity contribution is -0.137. The highest BCUT2D eigenvalue weighted by atomic mass is 16.5. The second-order valence-corrected chi connectivity index (χ2v) is 4.86. The van der Waals surface area contributed by atoms with E-state index in [4.69, 9.17) is 4.74 Å². The van der Waals surface area contributed by atoms with Crippen molar-refractivity contribution in [2.45, 2.75) is 59.0 Å². The number of carbonyl (C=O) groups excluding carboxylic acids is 1. The summed E-state index contributed by atoms with van der Waals surface area (Å²) < 4.78 is 4.92. The molecule has 0 unspecified atom stereocenters. The first-order valence-electron chi connectivity index (χ1n) is 6.54. The molecule has 0 radical (unpaired) electrons. The van der Waals surface area contributed by atoms with Gasteiger partial charge in [0.15, 0.2) is 0 Å². The Morgan fingerprint density at radius 1 is 1.18 bits per heavy atom. The maximum atomic E-state index is 10.8. The van der Waals surface area contributed by atoms with E-state index in [0.29, 0.717) is 18.7 Å². The predicted molar refractivity (Wildman–Crippen MR) is 72.0 cm³/mol. The first-order valence-corrected chi connectivity index (χ1v) is 6.54. The minimum Gasteiger partial charge on any atom is -0.463 e. The summed E-state index contributed by atoms with van der Waals surface area (Å²) in [4.78, 5) is 13.3. The largest absolute Gasteiger partial charge is 0.463 e. The second kappa shape index (κ2) is 9.23. The lowest BCUT2D eigenvalue weighted by Gasteiger charge is -2.30. The molecule has 0 aromatic heterocycles. The van der Waals surface area contributed by atoms with E-state index in [0.717, 1.165) is 25.8 Å². The summed E-state index contributed by atoms with van der Waals surface area (Å²) in [5.74, 6) is -0.323. The Bertz CT molecular complexity index is 216. The van der Waals surface area contributed by atoms with Gasteiger partial charge in [-0.1, -0.05) is 6.58 Å². The van der Waals surface area contributed by atoms with E-state index in [1.165, 1.54) is 6.08 Å². The van der Waals surface area contributed by atoms with E-state index in [1.807, 2.05) is 0 Å². The Hall–Kier alpha value is -0.830. The Balaban J connectivity index is 3.55. The van der Waals surface area contributed by atoms with E-state index >= 15 is 0 Å². The van der Waals surface area contributed by atoms with Crippen molar-refractivity contribution in [2.24, 2.45) is 0 Å². The van der Waals surface area contributed by atoms with Crippen molar-refractivity contribution in [3.05, 3.63) is 12.7 Å². The fraction of sp³-hybridized carbons (Fsp3) is 0.786. The molecule has 0 aromatic carbocycles. The molecule has 0 aliphatic rings. The van der Waals surface area contributed by atoms with Crippen LogP contribution in [0.5, 0.6) is 0 Å². The molecule has 3 heteroatoms. The Morgan fingerprint density at radius 3 is 2.24 bits per heavy atom. The SMILES string of the molecule is C=CC(=O)OCCCCCN(C(C)C)C(C)C. The molecule has 0 bridgehead atoms. The van der Waals surface area contributed by atoms with Crippen LogP contribution in [-0.4, -0.2) is 36.1 Å². The van der Waals surface area contributed by atoms with Crippen molar-refractivity contribution in [3.8, 4) is 0 Å². The Morgan fingerprint density at radius 2 is 1.76 bits per heavy atom. The summed E-state index contributed by atoms with van der Waals surface area (Å²) in [7, 11) is 0. The second-order valence-electron chi connectivity index (χ2n) is 4.86. The van der Waals surface area contributed by atoms with Crippen LogP contribution < -0.4 is 0 Å². The highest BCUT2D eigenvalue weighted by molar-refractivity contribution is 5.81. The van der Waals surface area contributed by atoms with Gasteiger partial charge >= 0.3 is 5.97 Å². The van der Waals surface area contributed by atoms with E-state index < -0.39 is 0 Å². The van der Waals surface area contributed by atoms with Crippen LogP contribution in [0.25, 0.3) is 0 Å². The predicted octanol–water partition coefficient (Wildman–Crippen LogP) is 3.00. The highest BCUT2D eigenvalue weighted by Crippen LogP contribution is 2.07. The number of hydrogen-bond donors (Lipinski definition) is 0. The number of hydrogen-bond acceptors (Lipinski definition) is 3. The van der Waals surface area contributed by atoms with Crippen molar-refractivity contribution in [3.63, 3.8) is 0 Å². The fourth-order valence-electron chi connectivity index (χ4n) is 1.92. The molecule has 0 heterocycles. The average Bonchev–Trinajstić information content (AvgIpc) is 2.26. The Labute approximate surface area is 106 Å². The average molecular weight is 241 g/mol. The van der Waals surface area contributed by atoms with Crippen molar-refractivity contribution in [1.29, 1.82) is 0 Å². The van der Waals surface area contributed by atoms with Gasteiger partial charge in [-0.05, 0) is 53.5 Å².